The van der Waals surface area contributed by atoms with Gasteiger partial charge in [-0.05, 0) is 25.0 Å². The van der Waals surface area contributed by atoms with Gasteiger partial charge in [0.05, 0.1) is 10.4 Å². The predicted octanol–water partition coefficient (Wildman–Crippen LogP) is 2.17. The van der Waals surface area contributed by atoms with E-state index in [2.05, 4.69) is 4.72 Å². The van der Waals surface area contributed by atoms with Crippen molar-refractivity contribution in [2.45, 2.75) is 25.0 Å². The molecule has 1 unspecified atom stereocenters. The van der Waals surface area contributed by atoms with Crippen molar-refractivity contribution in [2.75, 3.05) is 6.54 Å². The Morgan fingerprint density at radius 1 is 1.59 bits per heavy atom. The molecule has 0 saturated carbocycles. The first-order valence-electron chi connectivity index (χ1n) is 5.12. The fraction of sp³-hybridized carbons (Fsp3) is 0.500. The normalized spacial score (nSPS) is 13.2. The average molecular weight is 293 g/mol. The van der Waals surface area contributed by atoms with Crippen LogP contribution in [0.5, 0.6) is 0 Å². The van der Waals surface area contributed by atoms with Gasteiger partial charge in [0.1, 0.15) is 0 Å². The van der Waals surface area contributed by atoms with Crippen LogP contribution in [0, 0.1) is 11.3 Å². The Morgan fingerprint density at radius 3 is 2.76 bits per heavy atom. The number of nitriles is 1. The summed E-state index contributed by atoms with van der Waals surface area (Å²) in [6.07, 6.45) is 0.870. The SMILES string of the molecule is CCC(C#N)S(=O)(=O)NCCc1ccc(Cl)s1. The minimum atomic E-state index is -3.53. The minimum Gasteiger partial charge on any atom is -0.214 e. The standard InChI is InChI=1S/C10H13ClN2O2S2/c1-2-9(7-12)17(14,15)13-6-5-8-3-4-10(11)16-8/h3-4,9,13H,2,5-6H2,1H3. The molecule has 0 fully saturated rings. The van der Waals surface area contributed by atoms with Gasteiger partial charge in [0.25, 0.3) is 0 Å². The topological polar surface area (TPSA) is 70.0 Å². The van der Waals surface area contributed by atoms with Crippen LogP contribution in [-0.4, -0.2) is 20.2 Å². The maximum atomic E-state index is 11.6. The Kier molecular flexibility index (Phi) is 5.40. The van der Waals surface area contributed by atoms with E-state index in [1.165, 1.54) is 11.3 Å². The first-order valence-corrected chi connectivity index (χ1v) is 7.86. The largest absolute Gasteiger partial charge is 0.227 e. The van der Waals surface area contributed by atoms with Gasteiger partial charge < -0.3 is 0 Å². The van der Waals surface area contributed by atoms with Crippen LogP contribution in [0.15, 0.2) is 12.1 Å². The zero-order chi connectivity index (χ0) is 12.9. The van der Waals surface area contributed by atoms with Crippen LogP contribution in [0.3, 0.4) is 0 Å². The summed E-state index contributed by atoms with van der Waals surface area (Å²) in [5.74, 6) is 0. The first-order chi connectivity index (χ1) is 7.99. The molecule has 1 N–H and O–H groups in total. The second kappa shape index (κ2) is 6.36. The van der Waals surface area contributed by atoms with E-state index in [4.69, 9.17) is 16.9 Å². The molecule has 17 heavy (non-hydrogen) atoms. The quantitative estimate of drug-likeness (QED) is 0.873. The molecule has 0 radical (unpaired) electrons. The smallest absolute Gasteiger partial charge is 0.214 e. The summed E-state index contributed by atoms with van der Waals surface area (Å²) in [4.78, 5) is 1.02. The molecule has 4 nitrogen and oxygen atoms in total. The lowest BCUT2D eigenvalue weighted by Crippen LogP contribution is -2.34. The highest BCUT2D eigenvalue weighted by molar-refractivity contribution is 7.90. The molecule has 0 spiro atoms. The van der Waals surface area contributed by atoms with E-state index in [9.17, 15) is 8.42 Å². The molecule has 1 aromatic rings. The highest BCUT2D eigenvalue weighted by Gasteiger charge is 2.22. The first kappa shape index (κ1) is 14.5. The molecule has 1 aromatic heterocycles. The summed E-state index contributed by atoms with van der Waals surface area (Å²) >= 11 is 7.19. The highest BCUT2D eigenvalue weighted by atomic mass is 35.5. The Hall–Kier alpha value is -0.610. The fourth-order valence-electron chi connectivity index (χ4n) is 1.28. The zero-order valence-corrected chi connectivity index (χ0v) is 11.7. The molecule has 1 rings (SSSR count). The lowest BCUT2D eigenvalue weighted by Gasteiger charge is -2.09. The number of hydrogen-bond donors (Lipinski definition) is 1. The van der Waals surface area contributed by atoms with E-state index in [0.717, 1.165) is 4.88 Å². The van der Waals surface area contributed by atoms with Gasteiger partial charge in [-0.3, -0.25) is 0 Å². The van der Waals surface area contributed by atoms with Crippen molar-refractivity contribution in [2.24, 2.45) is 0 Å². The monoisotopic (exact) mass is 292 g/mol. The Bertz CT molecular complexity index is 505. The van der Waals surface area contributed by atoms with Gasteiger partial charge in [0.2, 0.25) is 10.0 Å². The maximum absolute atomic E-state index is 11.6. The predicted molar refractivity (Wildman–Crippen MR) is 69.6 cm³/mol. The maximum Gasteiger partial charge on any atom is 0.227 e. The van der Waals surface area contributed by atoms with E-state index in [1.54, 1.807) is 19.1 Å². The third-order valence-electron chi connectivity index (χ3n) is 2.19. The molecule has 0 aliphatic carbocycles. The number of hydrogen-bond acceptors (Lipinski definition) is 4. The Balaban J connectivity index is 2.49. The van der Waals surface area contributed by atoms with Crippen molar-refractivity contribution in [1.82, 2.24) is 4.72 Å². The lowest BCUT2D eigenvalue weighted by atomic mass is 10.3. The minimum absolute atomic E-state index is 0.288. The molecule has 7 heteroatoms. The van der Waals surface area contributed by atoms with Gasteiger partial charge in [-0.1, -0.05) is 18.5 Å². The van der Waals surface area contributed by atoms with Crippen molar-refractivity contribution in [3.63, 3.8) is 0 Å². The number of rotatable bonds is 6. The number of nitrogens with zero attached hydrogens (tertiary/aromatic N) is 1. The molecule has 0 aliphatic heterocycles. The summed E-state index contributed by atoms with van der Waals surface area (Å²) < 4.78 is 26.4. The second-order valence-corrected chi connectivity index (χ2v) is 7.17. The van der Waals surface area contributed by atoms with Gasteiger partial charge in [0.15, 0.2) is 5.25 Å². The van der Waals surface area contributed by atoms with E-state index in [0.29, 0.717) is 10.8 Å². The van der Waals surface area contributed by atoms with Gasteiger partial charge in [-0.25, -0.2) is 13.1 Å². The number of nitrogens with one attached hydrogen (secondary N) is 1. The zero-order valence-electron chi connectivity index (χ0n) is 9.31. The van der Waals surface area contributed by atoms with Crippen LogP contribution in [-0.2, 0) is 16.4 Å². The van der Waals surface area contributed by atoms with Crippen molar-refractivity contribution < 1.29 is 8.42 Å². The lowest BCUT2D eigenvalue weighted by molar-refractivity contribution is 0.573. The van der Waals surface area contributed by atoms with Gasteiger partial charge in [-0.2, -0.15) is 5.26 Å². The third kappa shape index (κ3) is 4.28. The van der Waals surface area contributed by atoms with Crippen molar-refractivity contribution in [1.29, 1.82) is 5.26 Å². The van der Waals surface area contributed by atoms with Crippen LogP contribution >= 0.6 is 22.9 Å². The van der Waals surface area contributed by atoms with Crippen LogP contribution in [0.25, 0.3) is 0 Å². The molecule has 0 aliphatic rings. The molecular weight excluding hydrogens is 280 g/mol. The number of sulfonamides is 1. The van der Waals surface area contributed by atoms with Gasteiger partial charge in [0, 0.05) is 11.4 Å². The molecule has 0 amide bonds. The van der Waals surface area contributed by atoms with E-state index in [1.807, 2.05) is 6.07 Å². The van der Waals surface area contributed by atoms with Crippen molar-refractivity contribution in [3.05, 3.63) is 21.3 Å². The summed E-state index contributed by atoms with van der Waals surface area (Å²) in [7, 11) is -3.53. The summed E-state index contributed by atoms with van der Waals surface area (Å²) in [5, 5.41) is 7.72. The third-order valence-corrected chi connectivity index (χ3v) is 5.28. The fourth-order valence-corrected chi connectivity index (χ4v) is 3.54. The van der Waals surface area contributed by atoms with Crippen LogP contribution in [0.2, 0.25) is 4.34 Å². The second-order valence-electron chi connectivity index (χ2n) is 3.42. The van der Waals surface area contributed by atoms with Crippen LogP contribution in [0.4, 0.5) is 0 Å². The molecular formula is C10H13ClN2O2S2. The van der Waals surface area contributed by atoms with Crippen molar-refractivity contribution in [3.8, 4) is 6.07 Å². The van der Waals surface area contributed by atoms with Crippen molar-refractivity contribution >= 4 is 33.0 Å². The number of thiophene rings is 1. The highest BCUT2D eigenvalue weighted by Crippen LogP contribution is 2.21. The Morgan fingerprint density at radius 2 is 2.29 bits per heavy atom. The summed E-state index contributed by atoms with van der Waals surface area (Å²) in [5.41, 5.74) is 0. The molecule has 0 saturated heterocycles. The molecule has 0 aromatic carbocycles. The number of halogens is 1. The molecule has 94 valence electrons. The van der Waals surface area contributed by atoms with E-state index in [-0.39, 0.29) is 13.0 Å². The van der Waals surface area contributed by atoms with E-state index < -0.39 is 15.3 Å². The van der Waals surface area contributed by atoms with Crippen LogP contribution < -0.4 is 4.72 Å². The van der Waals surface area contributed by atoms with Gasteiger partial charge in [-0.15, -0.1) is 11.3 Å². The summed E-state index contributed by atoms with van der Waals surface area (Å²) in [6, 6.07) is 5.42. The Labute approximate surface area is 110 Å². The van der Waals surface area contributed by atoms with E-state index >= 15 is 0 Å². The molecule has 0 bridgehead atoms. The summed E-state index contributed by atoms with van der Waals surface area (Å²) in [6.45, 7) is 1.96. The van der Waals surface area contributed by atoms with Gasteiger partial charge >= 0.3 is 0 Å². The average Bonchev–Trinajstić information content (AvgIpc) is 2.65. The van der Waals surface area contributed by atoms with Crippen LogP contribution in [0.1, 0.15) is 18.2 Å². The molecule has 1 atom stereocenters. The molecule has 1 heterocycles.